The number of hydrogen-bond donors (Lipinski definition) is 3. The minimum atomic E-state index is -4.32. The van der Waals surface area contributed by atoms with Crippen LogP contribution in [0.1, 0.15) is 335 Å². The topological polar surface area (TPSA) is 105 Å². The largest absolute Gasteiger partial charge is 0.472 e. The minimum absolute atomic E-state index is 0.0783. The highest BCUT2D eigenvalue weighted by molar-refractivity contribution is 7.47. The fraction of sp³-hybridized carbons (Fsp3) is 0.952. The van der Waals surface area contributed by atoms with Gasteiger partial charge in [0.2, 0.25) is 5.91 Å². The van der Waals surface area contributed by atoms with Crippen LogP contribution < -0.4 is 5.32 Å². The lowest BCUT2D eigenvalue weighted by Crippen LogP contribution is -2.46. The standard InChI is InChI=1S/C63H127N2O6P/c1-6-8-10-12-14-16-18-20-22-24-25-26-27-28-29-30-31-32-33-34-35-36-37-38-39-41-43-45-47-49-51-53-55-57-63(67)64-61(60-71-72(68,69)70-59-58-65(3,4)5)62(66)56-54-52-50-48-46-44-42-40-23-21-19-17-15-13-11-9-7-2/h24-25,61-62,66H,6-23,26-60H2,1-5H3,(H-,64,67,68,69)/p+1/b25-24-. The van der Waals surface area contributed by atoms with Crippen molar-refractivity contribution in [1.29, 1.82) is 0 Å². The van der Waals surface area contributed by atoms with Crippen molar-refractivity contribution in [1.82, 2.24) is 5.32 Å². The number of likely N-dealkylation sites (N-methyl/N-ethyl adjacent to an activating group) is 1. The fourth-order valence-electron chi connectivity index (χ4n) is 9.99. The number of nitrogens with one attached hydrogen (secondary N) is 1. The quantitative estimate of drug-likeness (QED) is 0.0243. The molecule has 3 unspecified atom stereocenters. The van der Waals surface area contributed by atoms with Crippen molar-refractivity contribution in [3.8, 4) is 0 Å². The Balaban J connectivity index is 3.96. The van der Waals surface area contributed by atoms with E-state index in [1.807, 2.05) is 21.1 Å². The van der Waals surface area contributed by atoms with Crippen LogP contribution >= 0.6 is 7.82 Å². The number of nitrogens with zero attached hydrogens (tertiary/aromatic N) is 1. The summed E-state index contributed by atoms with van der Waals surface area (Å²) in [7, 11) is 1.64. The van der Waals surface area contributed by atoms with E-state index < -0.39 is 20.0 Å². The SMILES string of the molecule is CCCCCCCCCC/C=C\CCCCCCCCCCCCCCCCCCCCCCCC(=O)NC(COP(=O)(O)OCC[N+](C)(C)C)C(O)CCCCCCCCCCCCCCCCCCC. The Morgan fingerprint density at radius 2 is 0.750 bits per heavy atom. The van der Waals surface area contributed by atoms with Crippen molar-refractivity contribution in [3.63, 3.8) is 0 Å². The number of amides is 1. The fourth-order valence-corrected chi connectivity index (χ4v) is 10.7. The molecule has 0 aliphatic heterocycles. The van der Waals surface area contributed by atoms with E-state index in [2.05, 4.69) is 31.3 Å². The zero-order valence-electron chi connectivity index (χ0n) is 49.2. The molecule has 72 heavy (non-hydrogen) atoms. The Kier molecular flexibility index (Phi) is 54.4. The van der Waals surface area contributed by atoms with Crippen molar-refractivity contribution < 1.29 is 32.9 Å². The molecule has 0 spiro atoms. The van der Waals surface area contributed by atoms with Gasteiger partial charge >= 0.3 is 7.82 Å². The van der Waals surface area contributed by atoms with Gasteiger partial charge in [0, 0.05) is 6.42 Å². The molecule has 0 aromatic carbocycles. The molecule has 0 saturated carbocycles. The summed E-state index contributed by atoms with van der Waals surface area (Å²) in [5.41, 5.74) is 0. The maximum absolute atomic E-state index is 13.0. The van der Waals surface area contributed by atoms with Gasteiger partial charge in [-0.2, -0.15) is 0 Å². The molecular weight excluding hydrogens is 912 g/mol. The summed E-state index contributed by atoms with van der Waals surface area (Å²) in [6, 6.07) is -0.757. The summed E-state index contributed by atoms with van der Waals surface area (Å²) in [6.45, 7) is 4.94. The molecule has 0 aromatic rings. The highest BCUT2D eigenvalue weighted by atomic mass is 31.2. The van der Waals surface area contributed by atoms with Crippen LogP contribution in [0, 0.1) is 0 Å². The summed E-state index contributed by atoms with van der Waals surface area (Å²) in [5, 5.41) is 14.1. The molecular formula is C63H128N2O6P+. The number of phosphoric ester groups is 1. The van der Waals surface area contributed by atoms with Gasteiger partial charge in [-0.1, -0.05) is 302 Å². The third-order valence-corrected chi connectivity index (χ3v) is 16.0. The molecule has 8 nitrogen and oxygen atoms in total. The second kappa shape index (κ2) is 55.0. The molecule has 0 rings (SSSR count). The molecule has 430 valence electrons. The predicted octanol–water partition coefficient (Wildman–Crippen LogP) is 19.8. The number of carbonyl (C=O) groups is 1. The summed E-state index contributed by atoms with van der Waals surface area (Å²) >= 11 is 0. The Bertz CT molecular complexity index is 1180. The van der Waals surface area contributed by atoms with E-state index in [9.17, 15) is 19.4 Å². The Morgan fingerprint density at radius 3 is 1.07 bits per heavy atom. The average Bonchev–Trinajstić information content (AvgIpc) is 3.34. The van der Waals surface area contributed by atoms with Gasteiger partial charge in [-0.05, 0) is 38.5 Å². The number of phosphoric acid groups is 1. The minimum Gasteiger partial charge on any atom is -0.391 e. The zero-order chi connectivity index (χ0) is 52.7. The van der Waals surface area contributed by atoms with E-state index in [0.717, 1.165) is 38.5 Å². The second-order valence-corrected chi connectivity index (χ2v) is 25.0. The van der Waals surface area contributed by atoms with Gasteiger partial charge in [-0.15, -0.1) is 0 Å². The number of unbranched alkanes of at least 4 members (excludes halogenated alkanes) is 45. The number of aliphatic hydroxyl groups excluding tert-OH is 1. The molecule has 0 saturated heterocycles. The number of aliphatic hydroxyl groups is 1. The van der Waals surface area contributed by atoms with Crippen LogP contribution in [0.2, 0.25) is 0 Å². The highest BCUT2D eigenvalue weighted by Gasteiger charge is 2.28. The van der Waals surface area contributed by atoms with Gasteiger partial charge in [0.1, 0.15) is 13.2 Å². The van der Waals surface area contributed by atoms with Crippen molar-refractivity contribution in [2.45, 2.75) is 347 Å². The average molecular weight is 1040 g/mol. The van der Waals surface area contributed by atoms with Crippen LogP contribution in [0.3, 0.4) is 0 Å². The summed E-state index contributed by atoms with van der Waals surface area (Å²) in [5.74, 6) is -0.136. The highest BCUT2D eigenvalue weighted by Crippen LogP contribution is 2.43. The molecule has 0 radical (unpaired) electrons. The molecule has 0 heterocycles. The van der Waals surface area contributed by atoms with E-state index >= 15 is 0 Å². The number of quaternary nitrogens is 1. The van der Waals surface area contributed by atoms with Gasteiger partial charge in [-0.3, -0.25) is 13.8 Å². The van der Waals surface area contributed by atoms with Crippen molar-refractivity contribution >= 4 is 13.7 Å². The molecule has 0 aliphatic rings. The maximum atomic E-state index is 13.0. The zero-order valence-corrected chi connectivity index (χ0v) is 50.1. The van der Waals surface area contributed by atoms with Crippen molar-refractivity contribution in [2.75, 3.05) is 40.9 Å². The summed E-state index contributed by atoms with van der Waals surface area (Å²) in [4.78, 5) is 23.4. The van der Waals surface area contributed by atoms with E-state index in [0.29, 0.717) is 23.9 Å². The van der Waals surface area contributed by atoms with Crippen LogP contribution in [0.25, 0.3) is 0 Å². The van der Waals surface area contributed by atoms with Crippen LogP contribution in [-0.2, 0) is 18.4 Å². The number of rotatable bonds is 60. The first kappa shape index (κ1) is 71.2. The van der Waals surface area contributed by atoms with Crippen LogP contribution in [0.4, 0.5) is 0 Å². The molecule has 0 fully saturated rings. The van der Waals surface area contributed by atoms with Gasteiger partial charge in [0.05, 0.1) is 39.9 Å². The van der Waals surface area contributed by atoms with Crippen LogP contribution in [0.15, 0.2) is 12.2 Å². The first-order valence-electron chi connectivity index (χ1n) is 32.1. The first-order valence-corrected chi connectivity index (χ1v) is 33.5. The second-order valence-electron chi connectivity index (χ2n) is 23.5. The Hall–Kier alpha value is -0.760. The lowest BCUT2D eigenvalue weighted by molar-refractivity contribution is -0.870. The van der Waals surface area contributed by atoms with Gasteiger partial charge in [0.25, 0.3) is 0 Å². The van der Waals surface area contributed by atoms with E-state index in [4.69, 9.17) is 9.05 Å². The van der Waals surface area contributed by atoms with Crippen LogP contribution in [0.5, 0.6) is 0 Å². The molecule has 3 N–H and O–H groups in total. The van der Waals surface area contributed by atoms with Crippen LogP contribution in [-0.4, -0.2) is 73.4 Å². The molecule has 0 aliphatic carbocycles. The Labute approximate surface area is 450 Å². The summed E-state index contributed by atoms with van der Waals surface area (Å²) in [6.07, 6.45) is 68.7. The number of hydrogen-bond acceptors (Lipinski definition) is 5. The number of carbonyl (C=O) groups excluding carboxylic acids is 1. The normalized spacial score (nSPS) is 13.8. The lowest BCUT2D eigenvalue weighted by atomic mass is 10.0. The van der Waals surface area contributed by atoms with Crippen molar-refractivity contribution in [2.24, 2.45) is 0 Å². The third kappa shape index (κ3) is 57.0. The molecule has 0 bridgehead atoms. The smallest absolute Gasteiger partial charge is 0.391 e. The van der Waals surface area contributed by atoms with Gasteiger partial charge < -0.3 is 19.8 Å². The Morgan fingerprint density at radius 1 is 0.458 bits per heavy atom. The van der Waals surface area contributed by atoms with Gasteiger partial charge in [0.15, 0.2) is 0 Å². The van der Waals surface area contributed by atoms with E-state index in [1.165, 1.54) is 270 Å². The monoisotopic (exact) mass is 1040 g/mol. The maximum Gasteiger partial charge on any atom is 0.472 e. The van der Waals surface area contributed by atoms with E-state index in [1.54, 1.807) is 0 Å². The van der Waals surface area contributed by atoms with Crippen molar-refractivity contribution in [3.05, 3.63) is 12.2 Å². The first-order chi connectivity index (χ1) is 35.0. The summed E-state index contributed by atoms with van der Waals surface area (Å²) < 4.78 is 23.8. The van der Waals surface area contributed by atoms with Gasteiger partial charge in [-0.25, -0.2) is 4.57 Å². The predicted molar refractivity (Wildman–Crippen MR) is 314 cm³/mol. The lowest BCUT2D eigenvalue weighted by Gasteiger charge is -2.26. The molecule has 1 amide bonds. The number of allylic oxidation sites excluding steroid dienone is 2. The molecule has 0 aromatic heterocycles. The molecule has 9 heteroatoms. The van der Waals surface area contributed by atoms with E-state index in [-0.39, 0.29) is 19.1 Å². The third-order valence-electron chi connectivity index (χ3n) is 15.0. The molecule has 3 atom stereocenters.